The molecular formula is C17H27NO3. The maximum absolute atomic E-state index is 10.6. The lowest BCUT2D eigenvalue weighted by Gasteiger charge is -2.23. The fraction of sp³-hybridized carbons (Fsp3) is 0.588. The van der Waals surface area contributed by atoms with Gasteiger partial charge in [-0.05, 0) is 49.4 Å². The molecule has 0 unspecified atom stereocenters. The maximum atomic E-state index is 10.6. The smallest absolute Gasteiger partial charge is 0.303 e. The number of nitrogens with one attached hydrogen (secondary N) is 1. The van der Waals surface area contributed by atoms with Gasteiger partial charge in [-0.2, -0.15) is 0 Å². The van der Waals surface area contributed by atoms with Crippen molar-refractivity contribution in [2.45, 2.75) is 46.6 Å². The van der Waals surface area contributed by atoms with Crippen molar-refractivity contribution >= 4 is 5.97 Å². The SMILES string of the molecule is CCOc1ccc(CNCCC(C)(C)CCC(=O)O)cc1. The first-order chi connectivity index (χ1) is 9.93. The van der Waals surface area contributed by atoms with E-state index in [-0.39, 0.29) is 11.8 Å². The Kier molecular flexibility index (Phi) is 7.23. The van der Waals surface area contributed by atoms with Crippen LogP contribution in [0.4, 0.5) is 0 Å². The maximum Gasteiger partial charge on any atom is 0.303 e. The zero-order chi connectivity index (χ0) is 15.7. The molecular weight excluding hydrogens is 266 g/mol. The first kappa shape index (κ1) is 17.5. The molecule has 1 aromatic carbocycles. The number of hydrogen-bond donors (Lipinski definition) is 2. The molecule has 118 valence electrons. The first-order valence-corrected chi connectivity index (χ1v) is 7.57. The molecule has 0 amide bonds. The van der Waals surface area contributed by atoms with Gasteiger partial charge in [-0.3, -0.25) is 4.79 Å². The molecule has 0 aliphatic carbocycles. The lowest BCUT2D eigenvalue weighted by Crippen LogP contribution is -2.22. The molecule has 0 aliphatic rings. The summed E-state index contributed by atoms with van der Waals surface area (Å²) in [7, 11) is 0. The van der Waals surface area contributed by atoms with E-state index in [1.807, 2.05) is 19.1 Å². The number of carboxylic acid groups (broad SMARTS) is 1. The normalized spacial score (nSPS) is 11.4. The quantitative estimate of drug-likeness (QED) is 0.649. The van der Waals surface area contributed by atoms with Crippen LogP contribution in [0.5, 0.6) is 5.75 Å². The molecule has 21 heavy (non-hydrogen) atoms. The molecule has 0 radical (unpaired) electrons. The van der Waals surface area contributed by atoms with Crippen LogP contribution in [0.1, 0.15) is 45.6 Å². The van der Waals surface area contributed by atoms with Crippen molar-refractivity contribution in [1.29, 1.82) is 0 Å². The summed E-state index contributed by atoms with van der Waals surface area (Å²) >= 11 is 0. The van der Waals surface area contributed by atoms with E-state index < -0.39 is 5.97 Å². The fourth-order valence-corrected chi connectivity index (χ4v) is 2.10. The molecule has 2 N–H and O–H groups in total. The summed E-state index contributed by atoms with van der Waals surface area (Å²) in [5.74, 6) is 0.182. The third-order valence-electron chi connectivity index (χ3n) is 3.56. The number of aliphatic carboxylic acids is 1. The molecule has 0 atom stereocenters. The molecule has 4 nitrogen and oxygen atoms in total. The molecule has 0 aromatic heterocycles. The number of carboxylic acids is 1. The van der Waals surface area contributed by atoms with Crippen LogP contribution in [-0.2, 0) is 11.3 Å². The van der Waals surface area contributed by atoms with Crippen molar-refractivity contribution in [3.63, 3.8) is 0 Å². The molecule has 1 aromatic rings. The van der Waals surface area contributed by atoms with E-state index in [1.165, 1.54) is 5.56 Å². The third kappa shape index (κ3) is 7.71. The zero-order valence-corrected chi connectivity index (χ0v) is 13.3. The molecule has 0 aliphatic heterocycles. The molecule has 0 saturated carbocycles. The minimum Gasteiger partial charge on any atom is -0.494 e. The minimum absolute atomic E-state index is 0.0597. The summed E-state index contributed by atoms with van der Waals surface area (Å²) in [6.07, 6.45) is 1.93. The molecule has 0 heterocycles. The van der Waals surface area contributed by atoms with Gasteiger partial charge >= 0.3 is 5.97 Å². The summed E-state index contributed by atoms with van der Waals surface area (Å²) < 4.78 is 5.41. The lowest BCUT2D eigenvalue weighted by atomic mass is 9.84. The number of ether oxygens (including phenoxy) is 1. The van der Waals surface area contributed by atoms with Gasteiger partial charge in [-0.1, -0.05) is 26.0 Å². The van der Waals surface area contributed by atoms with E-state index >= 15 is 0 Å². The van der Waals surface area contributed by atoms with Gasteiger partial charge in [0.25, 0.3) is 0 Å². The second kappa shape index (κ2) is 8.67. The van der Waals surface area contributed by atoms with Crippen molar-refractivity contribution in [2.75, 3.05) is 13.2 Å². The highest BCUT2D eigenvalue weighted by Crippen LogP contribution is 2.26. The Morgan fingerprint density at radius 3 is 2.48 bits per heavy atom. The Balaban J connectivity index is 2.25. The summed E-state index contributed by atoms with van der Waals surface area (Å²) in [6, 6.07) is 8.09. The standard InChI is InChI=1S/C17H27NO3/c1-4-21-15-7-5-14(6-8-15)13-18-12-11-17(2,3)10-9-16(19)20/h5-8,18H,4,9-13H2,1-3H3,(H,19,20). The second-order valence-corrected chi connectivity index (χ2v) is 6.06. The monoisotopic (exact) mass is 293 g/mol. The Morgan fingerprint density at radius 1 is 1.24 bits per heavy atom. The van der Waals surface area contributed by atoms with Crippen LogP contribution < -0.4 is 10.1 Å². The minimum atomic E-state index is -0.717. The van der Waals surface area contributed by atoms with Crippen molar-refractivity contribution < 1.29 is 14.6 Å². The van der Waals surface area contributed by atoms with Crippen LogP contribution in [0, 0.1) is 5.41 Å². The van der Waals surface area contributed by atoms with Gasteiger partial charge in [0, 0.05) is 13.0 Å². The molecule has 1 rings (SSSR count). The largest absolute Gasteiger partial charge is 0.494 e. The van der Waals surface area contributed by atoms with Crippen LogP contribution in [0.3, 0.4) is 0 Å². The van der Waals surface area contributed by atoms with Crippen molar-refractivity contribution in [3.8, 4) is 5.75 Å². The van der Waals surface area contributed by atoms with Gasteiger partial charge in [-0.15, -0.1) is 0 Å². The number of carbonyl (C=O) groups is 1. The van der Waals surface area contributed by atoms with Gasteiger partial charge in [0.15, 0.2) is 0 Å². The molecule has 4 heteroatoms. The van der Waals surface area contributed by atoms with Gasteiger partial charge in [0.1, 0.15) is 5.75 Å². The number of hydrogen-bond acceptors (Lipinski definition) is 3. The molecule has 0 bridgehead atoms. The Hall–Kier alpha value is -1.55. The summed E-state index contributed by atoms with van der Waals surface area (Å²) in [5.41, 5.74) is 1.28. The van der Waals surface area contributed by atoms with Crippen LogP contribution in [-0.4, -0.2) is 24.2 Å². The van der Waals surface area contributed by atoms with Crippen LogP contribution >= 0.6 is 0 Å². The first-order valence-electron chi connectivity index (χ1n) is 7.57. The van der Waals surface area contributed by atoms with Crippen LogP contribution in [0.2, 0.25) is 0 Å². The van der Waals surface area contributed by atoms with E-state index in [0.29, 0.717) is 13.0 Å². The van der Waals surface area contributed by atoms with Crippen molar-refractivity contribution in [1.82, 2.24) is 5.32 Å². The highest BCUT2D eigenvalue weighted by Gasteiger charge is 2.18. The highest BCUT2D eigenvalue weighted by molar-refractivity contribution is 5.66. The summed E-state index contributed by atoms with van der Waals surface area (Å²) in [4.78, 5) is 10.6. The second-order valence-electron chi connectivity index (χ2n) is 6.06. The Labute approximate surface area is 127 Å². The van der Waals surface area contributed by atoms with Gasteiger partial charge in [-0.25, -0.2) is 0 Å². The molecule has 0 saturated heterocycles. The van der Waals surface area contributed by atoms with Gasteiger partial charge in [0.05, 0.1) is 6.61 Å². The Morgan fingerprint density at radius 2 is 1.90 bits per heavy atom. The topological polar surface area (TPSA) is 58.6 Å². The fourth-order valence-electron chi connectivity index (χ4n) is 2.10. The summed E-state index contributed by atoms with van der Waals surface area (Å²) in [5, 5.41) is 12.1. The van der Waals surface area contributed by atoms with Gasteiger partial charge < -0.3 is 15.2 Å². The van der Waals surface area contributed by atoms with Gasteiger partial charge in [0.2, 0.25) is 0 Å². The average molecular weight is 293 g/mol. The summed E-state index contributed by atoms with van der Waals surface area (Å²) in [6.45, 7) is 8.61. The van der Waals surface area contributed by atoms with E-state index in [4.69, 9.17) is 9.84 Å². The predicted molar refractivity (Wildman–Crippen MR) is 84.6 cm³/mol. The van der Waals surface area contributed by atoms with Crippen LogP contribution in [0.15, 0.2) is 24.3 Å². The van der Waals surface area contributed by atoms with Crippen molar-refractivity contribution in [2.24, 2.45) is 5.41 Å². The molecule has 0 fully saturated rings. The van der Waals surface area contributed by atoms with E-state index in [1.54, 1.807) is 0 Å². The van der Waals surface area contributed by atoms with Crippen molar-refractivity contribution in [3.05, 3.63) is 29.8 Å². The lowest BCUT2D eigenvalue weighted by molar-refractivity contribution is -0.137. The van der Waals surface area contributed by atoms with Crippen LogP contribution in [0.25, 0.3) is 0 Å². The zero-order valence-electron chi connectivity index (χ0n) is 13.3. The number of benzene rings is 1. The van der Waals surface area contributed by atoms with E-state index in [0.717, 1.165) is 25.3 Å². The third-order valence-corrected chi connectivity index (χ3v) is 3.56. The highest BCUT2D eigenvalue weighted by atomic mass is 16.5. The predicted octanol–water partition coefficient (Wildman–Crippen LogP) is 3.46. The molecule has 0 spiro atoms. The van der Waals surface area contributed by atoms with E-state index in [2.05, 4.69) is 31.3 Å². The van der Waals surface area contributed by atoms with E-state index in [9.17, 15) is 4.79 Å². The Bertz CT molecular complexity index is 426. The number of rotatable bonds is 10. The average Bonchev–Trinajstić information content (AvgIpc) is 2.44.